The fourth-order valence-corrected chi connectivity index (χ4v) is 11.3. The second-order valence-corrected chi connectivity index (χ2v) is 21.8. The maximum absolute atomic E-state index is 7.23. The Morgan fingerprint density at radius 2 is 1.27 bits per heavy atom. The third-order valence-electron chi connectivity index (χ3n) is 15.2. The number of rotatable bonds is 7. The summed E-state index contributed by atoms with van der Waals surface area (Å²) in [5, 5.41) is 4.17. The summed E-state index contributed by atoms with van der Waals surface area (Å²) >= 11 is 0. The molecule has 13 rings (SSSR count). The minimum Gasteiger partial charge on any atom is -0.512 e. The number of imidazole rings is 1. The van der Waals surface area contributed by atoms with Crippen LogP contribution in [0.15, 0.2) is 180 Å². The first-order valence-corrected chi connectivity index (χ1v) is 25.1. The fourth-order valence-electron chi connectivity index (χ4n) is 11.3. The summed E-state index contributed by atoms with van der Waals surface area (Å²) in [6.07, 6.45) is 7.96. The molecule has 0 unspecified atom stereocenters. The minimum atomic E-state index is -0.102. The predicted molar refractivity (Wildman–Crippen MR) is 292 cm³/mol. The Bertz CT molecular complexity index is 4060. The Morgan fingerprint density at radius 3 is 2.00 bits per heavy atom. The second kappa shape index (κ2) is 17.3. The normalized spacial score (nSPS) is 14.2. The predicted octanol–water partition coefficient (Wildman–Crippen LogP) is 16.5. The van der Waals surface area contributed by atoms with E-state index in [1.54, 1.807) is 0 Å². The molecule has 0 amide bonds. The Labute approximate surface area is 440 Å². The van der Waals surface area contributed by atoms with E-state index in [4.69, 9.17) is 14.1 Å². The molecule has 0 radical (unpaired) electrons. The first-order chi connectivity index (χ1) is 34.8. The average Bonchev–Trinajstić information content (AvgIpc) is 4.08. The zero-order valence-electron chi connectivity index (χ0n) is 42.1. The Hall–Kier alpha value is -7.53. The first-order valence-electron chi connectivity index (χ1n) is 25.1. The van der Waals surface area contributed by atoms with Crippen LogP contribution in [0.5, 0.6) is 11.5 Å². The van der Waals surface area contributed by atoms with Crippen LogP contribution in [0.3, 0.4) is 0 Å². The molecule has 0 N–H and O–H groups in total. The molecular formula is C66H54N4O2Pt-2. The van der Waals surface area contributed by atoms with E-state index >= 15 is 0 Å². The number of furan rings is 1. The molecule has 8 aromatic carbocycles. The van der Waals surface area contributed by atoms with Gasteiger partial charge in [-0.1, -0.05) is 193 Å². The summed E-state index contributed by atoms with van der Waals surface area (Å²) in [6, 6.07) is 67.6. The Morgan fingerprint density at radius 1 is 0.616 bits per heavy atom. The van der Waals surface area contributed by atoms with Gasteiger partial charge in [0.2, 0.25) is 0 Å². The van der Waals surface area contributed by atoms with E-state index in [2.05, 4.69) is 244 Å². The van der Waals surface area contributed by atoms with Crippen molar-refractivity contribution in [1.29, 1.82) is 0 Å². The maximum Gasteiger partial charge on any atom is 0.268 e. The van der Waals surface area contributed by atoms with Crippen molar-refractivity contribution in [3.8, 4) is 50.9 Å². The molecule has 0 spiro atoms. The molecule has 4 heterocycles. The molecule has 0 fully saturated rings. The van der Waals surface area contributed by atoms with Crippen molar-refractivity contribution < 1.29 is 34.8 Å². The van der Waals surface area contributed by atoms with Crippen molar-refractivity contribution in [2.45, 2.75) is 77.6 Å². The summed E-state index contributed by atoms with van der Waals surface area (Å²) < 4.78 is 21.0. The fraction of sp³-hybridized carbons (Fsp3) is 0.182. The van der Waals surface area contributed by atoms with Crippen LogP contribution in [-0.4, -0.2) is 14.1 Å². The molecule has 0 saturated heterocycles. The van der Waals surface area contributed by atoms with Gasteiger partial charge in [-0.25, -0.2) is 4.98 Å². The third-order valence-corrected chi connectivity index (χ3v) is 15.2. The summed E-state index contributed by atoms with van der Waals surface area (Å²) in [7, 11) is 0. The van der Waals surface area contributed by atoms with Gasteiger partial charge in [-0.3, -0.25) is 4.57 Å². The standard InChI is InChI=1S/C66H54N4O2.Pt/c1-64(2,3)44-33-36-67-59(37-44)70-54-26-15-14-23-49(54)50-30-29-46(40-57(50)70)71-58-39-45(38-52-51-31-32-53-60(63(51)72-62(52)58)66(6,7)35-34-65(53,4)5)68-41-69(56-28-17-16-27-55(56)68)61-47(42-19-10-8-11-20-42)24-18-25-48(61)43-21-12-9-13-22-43;/h8-33,36-38H,34-35H2,1-7H3;/q-2;. The Kier molecular flexibility index (Phi) is 11.0. The van der Waals surface area contributed by atoms with Crippen LogP contribution in [0.4, 0.5) is 0 Å². The van der Waals surface area contributed by atoms with Crippen molar-refractivity contribution in [2.24, 2.45) is 0 Å². The van der Waals surface area contributed by atoms with E-state index < -0.39 is 0 Å². The number of hydrogen-bond acceptors (Lipinski definition) is 3. The van der Waals surface area contributed by atoms with Gasteiger partial charge in [-0.05, 0) is 91.7 Å². The number of aromatic nitrogens is 4. The van der Waals surface area contributed by atoms with Gasteiger partial charge in [-0.2, -0.15) is 6.07 Å². The molecule has 73 heavy (non-hydrogen) atoms. The van der Waals surface area contributed by atoms with Gasteiger partial charge in [0.05, 0.1) is 28.1 Å². The molecule has 7 heteroatoms. The zero-order chi connectivity index (χ0) is 49.1. The molecule has 4 aromatic heterocycles. The van der Waals surface area contributed by atoms with Crippen LogP contribution in [0.1, 0.15) is 78.0 Å². The smallest absolute Gasteiger partial charge is 0.268 e. The van der Waals surface area contributed by atoms with E-state index in [1.807, 2.05) is 12.3 Å². The minimum absolute atomic E-state index is 0. The van der Waals surface area contributed by atoms with Gasteiger partial charge in [0, 0.05) is 49.5 Å². The van der Waals surface area contributed by atoms with E-state index in [9.17, 15) is 0 Å². The number of ether oxygens (including phenoxy) is 1. The van der Waals surface area contributed by atoms with E-state index in [-0.39, 0.29) is 37.3 Å². The van der Waals surface area contributed by atoms with E-state index in [0.717, 1.165) is 101 Å². The molecule has 0 saturated carbocycles. The maximum atomic E-state index is 7.23. The topological polar surface area (TPSA) is 49.0 Å². The van der Waals surface area contributed by atoms with Crippen LogP contribution < -0.4 is 9.30 Å². The quantitative estimate of drug-likeness (QED) is 0.118. The van der Waals surface area contributed by atoms with Gasteiger partial charge in [0.1, 0.15) is 11.4 Å². The van der Waals surface area contributed by atoms with Gasteiger partial charge >= 0.3 is 0 Å². The number of hydrogen-bond donors (Lipinski definition) is 0. The van der Waals surface area contributed by atoms with Crippen molar-refractivity contribution in [3.05, 3.63) is 211 Å². The number of benzene rings is 8. The second-order valence-electron chi connectivity index (χ2n) is 21.8. The molecule has 1 aliphatic rings. The molecule has 12 aromatic rings. The zero-order valence-corrected chi connectivity index (χ0v) is 44.4. The van der Waals surface area contributed by atoms with Gasteiger partial charge in [0.25, 0.3) is 6.33 Å². The van der Waals surface area contributed by atoms with Gasteiger partial charge in [-0.15, -0.1) is 29.7 Å². The van der Waals surface area contributed by atoms with Gasteiger partial charge < -0.3 is 18.3 Å². The molecule has 0 atom stereocenters. The van der Waals surface area contributed by atoms with Crippen molar-refractivity contribution in [1.82, 2.24) is 14.1 Å². The van der Waals surface area contributed by atoms with Crippen LogP contribution in [-0.2, 0) is 37.3 Å². The molecule has 0 aliphatic heterocycles. The molecule has 0 bridgehead atoms. The third kappa shape index (κ3) is 7.64. The monoisotopic (exact) mass is 1130 g/mol. The van der Waals surface area contributed by atoms with Crippen molar-refractivity contribution >= 4 is 54.8 Å². The number of fused-ring (bicyclic) bond motifs is 9. The number of para-hydroxylation sites is 4. The number of nitrogens with zero attached hydrogens (tertiary/aromatic N) is 4. The number of pyridine rings is 1. The Balaban J connectivity index is 0.00000543. The SMILES string of the molecule is CC(C)(C)c1ccnc(-n2c3[c-]c(Oc4[c-]c(-[n+]5[c-]n(-c6c(-c7ccccc7)cccc6-c6ccccc6)c6ccccc65)cc5c4oc4c6c(ccc45)C(C)(C)CCC6(C)C)ccc3c3ccccc32)c1.[Pt]. The summed E-state index contributed by atoms with van der Waals surface area (Å²) in [6.45, 7) is 16.1. The average molecular weight is 1130 g/mol. The first kappa shape index (κ1) is 46.5. The van der Waals surface area contributed by atoms with Crippen LogP contribution in [0.25, 0.3) is 94.2 Å². The largest absolute Gasteiger partial charge is 0.512 e. The van der Waals surface area contributed by atoms with E-state index in [1.165, 1.54) is 16.7 Å². The summed E-state index contributed by atoms with van der Waals surface area (Å²) in [4.78, 5) is 4.94. The van der Waals surface area contributed by atoms with E-state index in [0.29, 0.717) is 17.1 Å². The summed E-state index contributed by atoms with van der Waals surface area (Å²) in [5.41, 5.74) is 15.3. The molecular weight excluding hydrogens is 1080 g/mol. The van der Waals surface area contributed by atoms with Gasteiger partial charge in [0.15, 0.2) is 0 Å². The molecule has 6 nitrogen and oxygen atoms in total. The molecule has 1 aliphatic carbocycles. The van der Waals surface area contributed by atoms with Crippen molar-refractivity contribution in [3.63, 3.8) is 0 Å². The van der Waals surface area contributed by atoms with Crippen LogP contribution in [0, 0.1) is 18.5 Å². The van der Waals surface area contributed by atoms with Crippen molar-refractivity contribution in [2.75, 3.05) is 0 Å². The van der Waals surface area contributed by atoms with Crippen LogP contribution in [0.2, 0.25) is 0 Å². The van der Waals surface area contributed by atoms with Crippen LogP contribution >= 0.6 is 0 Å². The summed E-state index contributed by atoms with van der Waals surface area (Å²) in [5.74, 6) is 1.84. The molecule has 362 valence electrons.